The lowest BCUT2D eigenvalue weighted by molar-refractivity contribution is 0.0952. The van der Waals surface area contributed by atoms with Crippen LogP contribution < -0.4 is 10.1 Å². The molecule has 2 N–H and O–H groups in total. The number of nitrogens with zero attached hydrogens (tertiary/aromatic N) is 1. The zero-order chi connectivity index (χ0) is 14.8. The molecule has 1 heterocycles. The van der Waals surface area contributed by atoms with E-state index < -0.39 is 0 Å². The fourth-order valence-electron chi connectivity index (χ4n) is 2.37. The van der Waals surface area contributed by atoms with Gasteiger partial charge in [0.05, 0.1) is 24.6 Å². The van der Waals surface area contributed by atoms with Crippen molar-refractivity contribution in [2.24, 2.45) is 5.92 Å². The van der Waals surface area contributed by atoms with Crippen molar-refractivity contribution in [1.29, 1.82) is 0 Å². The number of aryl methyl sites for hydroxylation is 1. The largest absolute Gasteiger partial charge is 0.496 e. The molecule has 0 atom stereocenters. The summed E-state index contributed by atoms with van der Waals surface area (Å²) in [6.07, 6.45) is 4.02. The van der Waals surface area contributed by atoms with E-state index >= 15 is 0 Å². The van der Waals surface area contributed by atoms with Crippen molar-refractivity contribution >= 4 is 5.91 Å². The van der Waals surface area contributed by atoms with Crippen LogP contribution in [-0.4, -0.2) is 29.8 Å². The highest BCUT2D eigenvalue weighted by atomic mass is 16.5. The Balaban J connectivity index is 1.83. The van der Waals surface area contributed by atoms with E-state index in [1.165, 1.54) is 12.8 Å². The lowest BCUT2D eigenvalue weighted by Crippen LogP contribution is -2.25. The second kappa shape index (κ2) is 5.60. The summed E-state index contributed by atoms with van der Waals surface area (Å²) in [5.74, 6) is 1.42. The number of benzene rings is 1. The van der Waals surface area contributed by atoms with E-state index in [-0.39, 0.29) is 5.91 Å². The minimum absolute atomic E-state index is 0.0703. The van der Waals surface area contributed by atoms with Crippen molar-refractivity contribution in [3.63, 3.8) is 0 Å². The highest BCUT2D eigenvalue weighted by Gasteiger charge is 2.23. The molecule has 21 heavy (non-hydrogen) atoms. The second-order valence-corrected chi connectivity index (χ2v) is 5.50. The normalized spacial score (nSPS) is 14.0. The molecule has 1 aliphatic carbocycles. The van der Waals surface area contributed by atoms with Crippen LogP contribution >= 0.6 is 0 Å². The van der Waals surface area contributed by atoms with Crippen molar-refractivity contribution in [1.82, 2.24) is 15.5 Å². The monoisotopic (exact) mass is 285 g/mol. The van der Waals surface area contributed by atoms with Crippen molar-refractivity contribution in [3.8, 4) is 17.0 Å². The highest BCUT2D eigenvalue weighted by Crippen LogP contribution is 2.29. The van der Waals surface area contributed by atoms with Gasteiger partial charge in [0.15, 0.2) is 0 Å². The molecule has 1 saturated carbocycles. The maximum Gasteiger partial charge on any atom is 0.255 e. The van der Waals surface area contributed by atoms with E-state index in [1.54, 1.807) is 13.3 Å². The Morgan fingerprint density at radius 1 is 1.48 bits per heavy atom. The zero-order valence-corrected chi connectivity index (χ0v) is 12.3. The Morgan fingerprint density at radius 3 is 2.95 bits per heavy atom. The summed E-state index contributed by atoms with van der Waals surface area (Å²) in [4.78, 5) is 12.2. The molecule has 0 saturated heterocycles. The zero-order valence-electron chi connectivity index (χ0n) is 12.3. The van der Waals surface area contributed by atoms with Gasteiger partial charge in [-0.25, -0.2) is 0 Å². The molecule has 2 aromatic rings. The van der Waals surface area contributed by atoms with Gasteiger partial charge in [0.2, 0.25) is 0 Å². The number of ether oxygens (including phenoxy) is 1. The van der Waals surface area contributed by atoms with Crippen LogP contribution in [0, 0.1) is 12.8 Å². The fourth-order valence-corrected chi connectivity index (χ4v) is 2.37. The third-order valence-corrected chi connectivity index (χ3v) is 3.82. The number of carbonyl (C=O) groups excluding carboxylic acids is 1. The summed E-state index contributed by atoms with van der Waals surface area (Å²) >= 11 is 0. The molecule has 0 radical (unpaired) electrons. The van der Waals surface area contributed by atoms with E-state index in [2.05, 4.69) is 15.5 Å². The van der Waals surface area contributed by atoms with Crippen LogP contribution in [0.4, 0.5) is 0 Å². The van der Waals surface area contributed by atoms with Crippen LogP contribution in [0.3, 0.4) is 0 Å². The van der Waals surface area contributed by atoms with Gasteiger partial charge >= 0.3 is 0 Å². The standard InChI is InChI=1S/C16H19N3O2/c1-10-7-12(5-6-14(10)21-2)15-13(9-18-19-15)16(20)17-8-11-3-4-11/h5-7,9,11H,3-4,8H2,1-2H3,(H,17,20)(H,18,19). The van der Waals surface area contributed by atoms with Crippen LogP contribution in [0.2, 0.25) is 0 Å². The molecule has 5 nitrogen and oxygen atoms in total. The number of methoxy groups -OCH3 is 1. The van der Waals surface area contributed by atoms with Gasteiger partial charge in [0.1, 0.15) is 5.75 Å². The Hall–Kier alpha value is -2.30. The molecule has 110 valence electrons. The van der Waals surface area contributed by atoms with E-state index in [9.17, 15) is 4.79 Å². The number of hydrogen-bond donors (Lipinski definition) is 2. The number of hydrogen-bond acceptors (Lipinski definition) is 3. The Morgan fingerprint density at radius 2 is 2.29 bits per heavy atom. The first-order valence-corrected chi connectivity index (χ1v) is 7.15. The molecule has 0 spiro atoms. The van der Waals surface area contributed by atoms with Crippen LogP contribution in [0.15, 0.2) is 24.4 Å². The fraction of sp³-hybridized carbons (Fsp3) is 0.375. The first-order valence-electron chi connectivity index (χ1n) is 7.15. The third kappa shape index (κ3) is 2.91. The van der Waals surface area contributed by atoms with Crippen LogP contribution in [0.25, 0.3) is 11.3 Å². The molecular weight excluding hydrogens is 266 g/mol. The average Bonchev–Trinajstić information content (AvgIpc) is 3.19. The van der Waals surface area contributed by atoms with Gasteiger partial charge in [-0.05, 0) is 49.4 Å². The minimum atomic E-state index is -0.0703. The van der Waals surface area contributed by atoms with E-state index in [0.717, 1.165) is 29.1 Å². The summed E-state index contributed by atoms with van der Waals surface area (Å²) in [6, 6.07) is 5.82. The lowest BCUT2D eigenvalue weighted by atomic mass is 10.0. The number of H-pyrrole nitrogens is 1. The maximum atomic E-state index is 12.2. The van der Waals surface area contributed by atoms with Gasteiger partial charge in [-0.2, -0.15) is 5.10 Å². The number of rotatable bonds is 5. The smallest absolute Gasteiger partial charge is 0.255 e. The number of aromatic amines is 1. The van der Waals surface area contributed by atoms with Gasteiger partial charge in [0, 0.05) is 12.1 Å². The summed E-state index contributed by atoms with van der Waals surface area (Å²) < 4.78 is 5.26. The number of carbonyl (C=O) groups is 1. The first-order chi connectivity index (χ1) is 10.2. The number of aromatic nitrogens is 2. The van der Waals surface area contributed by atoms with Crippen molar-refractivity contribution in [3.05, 3.63) is 35.5 Å². The number of amides is 1. The molecule has 1 fully saturated rings. The van der Waals surface area contributed by atoms with Crippen molar-refractivity contribution in [2.75, 3.05) is 13.7 Å². The minimum Gasteiger partial charge on any atom is -0.496 e. The van der Waals surface area contributed by atoms with E-state index in [0.29, 0.717) is 11.5 Å². The van der Waals surface area contributed by atoms with Gasteiger partial charge in [-0.15, -0.1) is 0 Å². The quantitative estimate of drug-likeness (QED) is 0.887. The predicted octanol–water partition coefficient (Wildman–Crippen LogP) is 2.53. The Labute approximate surface area is 123 Å². The lowest BCUT2D eigenvalue weighted by Gasteiger charge is -2.08. The SMILES string of the molecule is COc1ccc(-c2[nH]ncc2C(=O)NCC2CC2)cc1C. The predicted molar refractivity (Wildman–Crippen MR) is 80.4 cm³/mol. The summed E-state index contributed by atoms with van der Waals surface area (Å²) in [7, 11) is 1.65. The molecule has 0 unspecified atom stereocenters. The second-order valence-electron chi connectivity index (χ2n) is 5.50. The van der Waals surface area contributed by atoms with Gasteiger partial charge in [0.25, 0.3) is 5.91 Å². The van der Waals surface area contributed by atoms with Gasteiger partial charge in [-0.1, -0.05) is 0 Å². The van der Waals surface area contributed by atoms with Crippen LogP contribution in [0.5, 0.6) is 5.75 Å². The van der Waals surface area contributed by atoms with E-state index in [1.807, 2.05) is 25.1 Å². The maximum absolute atomic E-state index is 12.2. The Bertz CT molecular complexity index is 659. The molecular formula is C16H19N3O2. The summed E-state index contributed by atoms with van der Waals surface area (Å²) in [5, 5.41) is 9.91. The molecule has 3 rings (SSSR count). The summed E-state index contributed by atoms with van der Waals surface area (Å²) in [5.41, 5.74) is 3.28. The highest BCUT2D eigenvalue weighted by molar-refractivity contribution is 5.99. The molecule has 1 amide bonds. The van der Waals surface area contributed by atoms with Gasteiger partial charge < -0.3 is 10.1 Å². The van der Waals surface area contributed by atoms with E-state index in [4.69, 9.17) is 4.74 Å². The topological polar surface area (TPSA) is 67.0 Å². The van der Waals surface area contributed by atoms with Crippen LogP contribution in [0.1, 0.15) is 28.8 Å². The molecule has 1 aliphatic rings. The molecule has 5 heteroatoms. The first kappa shape index (κ1) is 13.7. The molecule has 0 bridgehead atoms. The number of nitrogens with one attached hydrogen (secondary N) is 2. The van der Waals surface area contributed by atoms with Crippen molar-refractivity contribution in [2.45, 2.75) is 19.8 Å². The summed E-state index contributed by atoms with van der Waals surface area (Å²) in [6.45, 7) is 2.73. The van der Waals surface area contributed by atoms with Gasteiger partial charge in [-0.3, -0.25) is 9.89 Å². The Kier molecular flexibility index (Phi) is 3.64. The van der Waals surface area contributed by atoms with Crippen LogP contribution in [-0.2, 0) is 0 Å². The molecule has 1 aromatic heterocycles. The molecule has 1 aromatic carbocycles. The molecule has 0 aliphatic heterocycles. The third-order valence-electron chi connectivity index (χ3n) is 3.82. The average molecular weight is 285 g/mol. The van der Waals surface area contributed by atoms with Crippen molar-refractivity contribution < 1.29 is 9.53 Å².